The first-order chi connectivity index (χ1) is 14.5. The summed E-state index contributed by atoms with van der Waals surface area (Å²) in [5, 5.41) is 3.35. The zero-order chi connectivity index (χ0) is 21.1. The topological polar surface area (TPSA) is 114 Å². The molecule has 0 unspecified atom stereocenters. The Morgan fingerprint density at radius 3 is 2.63 bits per heavy atom. The van der Waals surface area contributed by atoms with Crippen LogP contribution < -0.4 is 15.9 Å². The fourth-order valence-electron chi connectivity index (χ4n) is 3.46. The predicted molar refractivity (Wildman–Crippen MR) is 115 cm³/mol. The zero-order valence-electron chi connectivity index (χ0n) is 16.2. The number of pyridine rings is 1. The maximum atomic E-state index is 12.5. The van der Waals surface area contributed by atoms with E-state index in [1.165, 1.54) is 0 Å². The smallest absolute Gasteiger partial charge is 0.325 e. The quantitative estimate of drug-likeness (QED) is 0.574. The number of benzene rings is 1. The Morgan fingerprint density at radius 2 is 1.87 bits per heavy atom. The van der Waals surface area contributed by atoms with Crippen molar-refractivity contribution in [2.45, 2.75) is 12.8 Å². The van der Waals surface area contributed by atoms with E-state index in [2.05, 4.69) is 25.2 Å². The van der Waals surface area contributed by atoms with E-state index in [-0.39, 0.29) is 30.3 Å². The molecule has 0 aliphatic carbocycles. The van der Waals surface area contributed by atoms with Gasteiger partial charge in [0.15, 0.2) is 5.65 Å². The lowest BCUT2D eigenvalue weighted by Crippen LogP contribution is -2.48. The van der Waals surface area contributed by atoms with Crippen LogP contribution in [0.3, 0.4) is 0 Å². The third kappa shape index (κ3) is 4.62. The second-order valence-electron chi connectivity index (χ2n) is 7.07. The van der Waals surface area contributed by atoms with Crippen LogP contribution in [-0.2, 0) is 9.59 Å². The lowest BCUT2D eigenvalue weighted by Gasteiger charge is -2.36. The van der Waals surface area contributed by atoms with Gasteiger partial charge in [-0.1, -0.05) is 17.7 Å². The third-order valence-electron chi connectivity index (χ3n) is 5.01. The van der Waals surface area contributed by atoms with E-state index in [0.29, 0.717) is 35.1 Å². The maximum absolute atomic E-state index is 12.5. The minimum atomic E-state index is -0.359. The Hall–Kier alpha value is -3.33. The van der Waals surface area contributed by atoms with Crippen LogP contribution in [0.1, 0.15) is 12.8 Å². The van der Waals surface area contributed by atoms with Crippen LogP contribution in [0.4, 0.5) is 11.5 Å². The van der Waals surface area contributed by atoms with E-state index in [0.717, 1.165) is 18.8 Å². The Kier molecular flexibility index (Phi) is 5.71. The van der Waals surface area contributed by atoms with Crippen molar-refractivity contribution in [1.82, 2.24) is 19.9 Å². The second-order valence-corrected chi connectivity index (χ2v) is 7.50. The first-order valence-electron chi connectivity index (χ1n) is 9.65. The van der Waals surface area contributed by atoms with Crippen LogP contribution >= 0.6 is 11.6 Å². The Bertz CT molecular complexity index is 1130. The Labute approximate surface area is 177 Å². The minimum Gasteiger partial charge on any atom is -0.368 e. The Balaban J connectivity index is 1.25. The number of anilines is 2. The van der Waals surface area contributed by atoms with Crippen molar-refractivity contribution in [3.63, 3.8) is 0 Å². The SMILES string of the molecule is O=C(CCC(=O)N1CCN(c2cccc(Cl)c2)CC1)Nc1ccc2[nH]c(=O)[nH]c2n1. The van der Waals surface area contributed by atoms with E-state index < -0.39 is 0 Å². The van der Waals surface area contributed by atoms with E-state index >= 15 is 0 Å². The molecule has 0 bridgehead atoms. The van der Waals surface area contributed by atoms with E-state index in [9.17, 15) is 14.4 Å². The van der Waals surface area contributed by atoms with Crippen LogP contribution in [0.25, 0.3) is 11.2 Å². The number of halogens is 1. The molecule has 0 atom stereocenters. The molecule has 10 heteroatoms. The number of aromatic amines is 2. The molecule has 3 heterocycles. The molecule has 9 nitrogen and oxygen atoms in total. The van der Waals surface area contributed by atoms with E-state index in [1.807, 2.05) is 24.3 Å². The lowest BCUT2D eigenvalue weighted by atomic mass is 10.2. The van der Waals surface area contributed by atoms with Crippen molar-refractivity contribution in [3.05, 3.63) is 51.9 Å². The summed E-state index contributed by atoms with van der Waals surface area (Å²) < 4.78 is 0. The van der Waals surface area contributed by atoms with Gasteiger partial charge in [-0.25, -0.2) is 9.78 Å². The van der Waals surface area contributed by atoms with Crippen LogP contribution in [0.15, 0.2) is 41.2 Å². The molecule has 0 saturated carbocycles. The van der Waals surface area contributed by atoms with Gasteiger partial charge in [0.05, 0.1) is 5.52 Å². The summed E-state index contributed by atoms with van der Waals surface area (Å²) in [5.74, 6) is -0.0229. The van der Waals surface area contributed by atoms with Gasteiger partial charge in [0, 0.05) is 49.7 Å². The molecule has 3 aromatic rings. The maximum Gasteiger partial charge on any atom is 0.325 e. The number of imidazole rings is 1. The summed E-state index contributed by atoms with van der Waals surface area (Å²) in [5.41, 5.74) is 1.61. The standard InChI is InChI=1S/C20H21ClN6O3/c21-13-2-1-3-14(12-13)26-8-10-27(11-9-26)18(29)7-6-17(28)23-16-5-4-15-19(24-16)25-20(30)22-15/h1-5,12H,6-11H2,(H3,22,23,24,25,28,30). The van der Waals surface area contributed by atoms with Gasteiger partial charge in [-0.2, -0.15) is 0 Å². The molecule has 156 valence electrons. The van der Waals surface area contributed by atoms with Gasteiger partial charge in [-0.05, 0) is 30.3 Å². The number of aromatic nitrogens is 3. The van der Waals surface area contributed by atoms with Crippen LogP contribution in [0, 0.1) is 0 Å². The van der Waals surface area contributed by atoms with Crippen molar-refractivity contribution in [1.29, 1.82) is 0 Å². The first kappa shape index (κ1) is 20.0. The van der Waals surface area contributed by atoms with Gasteiger partial charge in [0.25, 0.3) is 0 Å². The van der Waals surface area contributed by atoms with Gasteiger partial charge in [-0.15, -0.1) is 0 Å². The van der Waals surface area contributed by atoms with E-state index in [1.54, 1.807) is 17.0 Å². The molecular formula is C20H21ClN6O3. The van der Waals surface area contributed by atoms with E-state index in [4.69, 9.17) is 11.6 Å². The van der Waals surface area contributed by atoms with Crippen LogP contribution in [0.5, 0.6) is 0 Å². The zero-order valence-corrected chi connectivity index (χ0v) is 16.9. The number of nitrogens with one attached hydrogen (secondary N) is 3. The van der Waals surface area contributed by atoms with Crippen molar-refractivity contribution in [3.8, 4) is 0 Å². The molecule has 0 spiro atoms. The average molecular weight is 429 g/mol. The van der Waals surface area contributed by atoms with Crippen molar-refractivity contribution >= 4 is 46.1 Å². The largest absolute Gasteiger partial charge is 0.368 e. The van der Waals surface area contributed by atoms with Crippen LogP contribution in [-0.4, -0.2) is 57.8 Å². The normalized spacial score (nSPS) is 14.2. The number of amides is 2. The van der Waals surface area contributed by atoms with Crippen molar-refractivity contribution in [2.24, 2.45) is 0 Å². The molecule has 2 amide bonds. The number of carbonyl (C=O) groups is 2. The monoisotopic (exact) mass is 428 g/mol. The first-order valence-corrected chi connectivity index (χ1v) is 10.0. The fraction of sp³-hybridized carbons (Fsp3) is 0.300. The summed E-state index contributed by atoms with van der Waals surface area (Å²) in [6.07, 6.45) is 0.197. The highest BCUT2D eigenvalue weighted by Crippen LogP contribution is 2.21. The number of H-pyrrole nitrogens is 2. The summed E-state index contributed by atoms with van der Waals surface area (Å²) in [6.45, 7) is 2.65. The molecular weight excluding hydrogens is 408 g/mol. The fourth-order valence-corrected chi connectivity index (χ4v) is 3.64. The Morgan fingerprint density at radius 1 is 1.07 bits per heavy atom. The highest BCUT2D eigenvalue weighted by molar-refractivity contribution is 6.30. The molecule has 0 radical (unpaired) electrons. The molecule has 4 rings (SSSR count). The molecule has 1 saturated heterocycles. The van der Waals surface area contributed by atoms with Gasteiger partial charge in [-0.3, -0.25) is 14.6 Å². The van der Waals surface area contributed by atoms with Crippen molar-refractivity contribution in [2.75, 3.05) is 36.4 Å². The molecule has 3 N–H and O–H groups in total. The molecule has 1 aliphatic rings. The number of fused-ring (bicyclic) bond motifs is 1. The second kappa shape index (κ2) is 8.58. The molecule has 2 aromatic heterocycles. The summed E-state index contributed by atoms with van der Waals surface area (Å²) in [6, 6.07) is 10.9. The molecule has 30 heavy (non-hydrogen) atoms. The lowest BCUT2D eigenvalue weighted by molar-refractivity contribution is -0.133. The number of hydrogen-bond donors (Lipinski definition) is 3. The third-order valence-corrected chi connectivity index (χ3v) is 5.25. The van der Waals surface area contributed by atoms with Gasteiger partial charge < -0.3 is 20.1 Å². The molecule has 1 aliphatic heterocycles. The minimum absolute atomic E-state index is 0.0470. The number of piperazine rings is 1. The summed E-state index contributed by atoms with van der Waals surface area (Å²) in [7, 11) is 0. The number of rotatable bonds is 5. The number of nitrogens with zero attached hydrogens (tertiary/aromatic N) is 3. The highest BCUT2D eigenvalue weighted by Gasteiger charge is 2.22. The molecule has 1 fully saturated rings. The summed E-state index contributed by atoms with van der Waals surface area (Å²) in [4.78, 5) is 49.2. The van der Waals surface area contributed by atoms with Crippen LogP contribution in [0.2, 0.25) is 5.02 Å². The van der Waals surface area contributed by atoms with Gasteiger partial charge in [0.1, 0.15) is 5.82 Å². The summed E-state index contributed by atoms with van der Waals surface area (Å²) >= 11 is 6.05. The number of hydrogen-bond acceptors (Lipinski definition) is 5. The van der Waals surface area contributed by atoms with Gasteiger partial charge in [0.2, 0.25) is 11.8 Å². The molecule has 1 aromatic carbocycles. The average Bonchev–Trinajstić information content (AvgIpc) is 3.11. The van der Waals surface area contributed by atoms with Gasteiger partial charge >= 0.3 is 5.69 Å². The predicted octanol–water partition coefficient (Wildman–Crippen LogP) is 1.97. The highest BCUT2D eigenvalue weighted by atomic mass is 35.5. The number of carbonyl (C=O) groups excluding carboxylic acids is 2. The van der Waals surface area contributed by atoms with Crippen molar-refractivity contribution < 1.29 is 9.59 Å².